The molecule has 0 unspecified atom stereocenters. The van der Waals surface area contributed by atoms with Gasteiger partial charge in [-0.1, -0.05) is 11.6 Å². The van der Waals surface area contributed by atoms with Gasteiger partial charge in [-0.2, -0.15) is 0 Å². The lowest BCUT2D eigenvalue weighted by Crippen LogP contribution is -2.27. The fourth-order valence-electron chi connectivity index (χ4n) is 1.26. The van der Waals surface area contributed by atoms with Gasteiger partial charge in [-0.25, -0.2) is 9.97 Å². The van der Waals surface area contributed by atoms with Gasteiger partial charge in [0.1, 0.15) is 17.2 Å². The summed E-state index contributed by atoms with van der Waals surface area (Å²) in [7, 11) is 0. The molecule has 0 aliphatic heterocycles. The molecule has 2 N–H and O–H groups in total. The lowest BCUT2D eigenvalue weighted by molar-refractivity contribution is -0.120. The van der Waals surface area contributed by atoms with Crippen molar-refractivity contribution in [3.8, 4) is 0 Å². The highest BCUT2D eigenvalue weighted by Crippen LogP contribution is 2.19. The number of amides is 1. The van der Waals surface area contributed by atoms with Gasteiger partial charge in [-0.05, 0) is 12.8 Å². The summed E-state index contributed by atoms with van der Waals surface area (Å²) in [5, 5.41) is 6.37. The SMILES string of the molecule is O=C(CCNc1ncncc1Cl)NC1CC1. The third-order valence-corrected chi connectivity index (χ3v) is 2.53. The van der Waals surface area contributed by atoms with Crippen molar-refractivity contribution >= 4 is 23.3 Å². The molecule has 86 valence electrons. The largest absolute Gasteiger partial charge is 0.368 e. The highest BCUT2D eigenvalue weighted by molar-refractivity contribution is 6.32. The van der Waals surface area contributed by atoms with Gasteiger partial charge in [0, 0.05) is 19.0 Å². The molecule has 16 heavy (non-hydrogen) atoms. The van der Waals surface area contributed by atoms with Crippen molar-refractivity contribution in [2.24, 2.45) is 0 Å². The number of nitrogens with one attached hydrogen (secondary N) is 2. The summed E-state index contributed by atoms with van der Waals surface area (Å²) >= 11 is 5.85. The van der Waals surface area contributed by atoms with Gasteiger partial charge in [0.25, 0.3) is 0 Å². The van der Waals surface area contributed by atoms with Crippen molar-refractivity contribution in [2.75, 3.05) is 11.9 Å². The molecule has 1 aromatic rings. The number of nitrogens with zero attached hydrogens (tertiary/aromatic N) is 2. The molecule has 1 amide bonds. The molecule has 0 spiro atoms. The summed E-state index contributed by atoms with van der Waals surface area (Å²) in [5.41, 5.74) is 0. The molecule has 0 bridgehead atoms. The average molecular weight is 241 g/mol. The molecule has 1 aliphatic rings. The maximum absolute atomic E-state index is 11.4. The number of anilines is 1. The van der Waals surface area contributed by atoms with Crippen LogP contribution in [-0.2, 0) is 4.79 Å². The Hall–Kier alpha value is -1.36. The molecule has 1 aliphatic carbocycles. The standard InChI is InChI=1S/C10H13ClN4O/c11-8-5-12-6-14-10(8)13-4-3-9(16)15-7-1-2-7/h5-7H,1-4H2,(H,15,16)(H,12,13,14). The van der Waals surface area contributed by atoms with Crippen LogP contribution in [0.25, 0.3) is 0 Å². The molecule has 6 heteroatoms. The van der Waals surface area contributed by atoms with Gasteiger partial charge in [0.05, 0.1) is 6.20 Å². The molecule has 5 nitrogen and oxygen atoms in total. The fraction of sp³-hybridized carbons (Fsp3) is 0.500. The van der Waals surface area contributed by atoms with Gasteiger partial charge >= 0.3 is 0 Å². The van der Waals surface area contributed by atoms with Crippen LogP contribution in [0.2, 0.25) is 5.02 Å². The van der Waals surface area contributed by atoms with E-state index in [1.807, 2.05) is 0 Å². The van der Waals surface area contributed by atoms with Crippen LogP contribution in [0.3, 0.4) is 0 Å². The Balaban J connectivity index is 1.70. The van der Waals surface area contributed by atoms with Crippen LogP contribution in [0.4, 0.5) is 5.82 Å². The minimum atomic E-state index is 0.0696. The minimum Gasteiger partial charge on any atom is -0.368 e. The topological polar surface area (TPSA) is 66.9 Å². The normalized spacial score (nSPS) is 14.6. The van der Waals surface area contributed by atoms with E-state index >= 15 is 0 Å². The Kier molecular flexibility index (Phi) is 3.56. The molecule has 0 atom stereocenters. The first-order valence-corrected chi connectivity index (χ1v) is 5.62. The molecular weight excluding hydrogens is 228 g/mol. The molecule has 1 aromatic heterocycles. The van der Waals surface area contributed by atoms with Crippen molar-refractivity contribution in [1.82, 2.24) is 15.3 Å². The van der Waals surface area contributed by atoms with E-state index in [1.54, 1.807) is 0 Å². The number of hydrogen-bond donors (Lipinski definition) is 2. The summed E-state index contributed by atoms with van der Waals surface area (Å²) in [6, 6.07) is 0.412. The third-order valence-electron chi connectivity index (χ3n) is 2.25. The summed E-state index contributed by atoms with van der Waals surface area (Å²) in [4.78, 5) is 19.1. The van der Waals surface area contributed by atoms with E-state index in [4.69, 9.17) is 11.6 Å². The van der Waals surface area contributed by atoms with E-state index in [0.29, 0.717) is 29.8 Å². The van der Waals surface area contributed by atoms with Crippen molar-refractivity contribution in [3.63, 3.8) is 0 Å². The van der Waals surface area contributed by atoms with Gasteiger partial charge in [0.15, 0.2) is 0 Å². The fourth-order valence-corrected chi connectivity index (χ4v) is 1.44. The van der Waals surface area contributed by atoms with E-state index in [9.17, 15) is 4.79 Å². The van der Waals surface area contributed by atoms with E-state index in [0.717, 1.165) is 12.8 Å². The van der Waals surface area contributed by atoms with Crippen LogP contribution in [0.5, 0.6) is 0 Å². The van der Waals surface area contributed by atoms with Crippen LogP contribution < -0.4 is 10.6 Å². The predicted octanol–water partition coefficient (Wildman–Crippen LogP) is 1.21. The second-order valence-electron chi connectivity index (χ2n) is 3.74. The van der Waals surface area contributed by atoms with Crippen LogP contribution >= 0.6 is 11.6 Å². The van der Waals surface area contributed by atoms with Gasteiger partial charge in [0.2, 0.25) is 5.91 Å². The van der Waals surface area contributed by atoms with E-state index in [-0.39, 0.29) is 5.91 Å². The quantitative estimate of drug-likeness (QED) is 0.812. The Morgan fingerprint density at radius 1 is 1.56 bits per heavy atom. The Morgan fingerprint density at radius 2 is 2.38 bits per heavy atom. The lowest BCUT2D eigenvalue weighted by atomic mass is 10.4. The van der Waals surface area contributed by atoms with Crippen LogP contribution in [-0.4, -0.2) is 28.5 Å². The van der Waals surface area contributed by atoms with Crippen molar-refractivity contribution < 1.29 is 4.79 Å². The average Bonchev–Trinajstić information content (AvgIpc) is 3.05. The van der Waals surface area contributed by atoms with Gasteiger partial charge in [-0.15, -0.1) is 0 Å². The molecule has 1 heterocycles. The number of carbonyl (C=O) groups excluding carboxylic acids is 1. The molecule has 0 radical (unpaired) electrons. The lowest BCUT2D eigenvalue weighted by Gasteiger charge is -2.06. The maximum atomic E-state index is 11.4. The van der Waals surface area contributed by atoms with E-state index in [2.05, 4.69) is 20.6 Å². The zero-order valence-electron chi connectivity index (χ0n) is 8.74. The smallest absolute Gasteiger partial charge is 0.221 e. The van der Waals surface area contributed by atoms with E-state index in [1.165, 1.54) is 12.5 Å². The van der Waals surface area contributed by atoms with E-state index < -0.39 is 0 Å². The maximum Gasteiger partial charge on any atom is 0.221 e. The minimum absolute atomic E-state index is 0.0696. The summed E-state index contributed by atoms with van der Waals surface area (Å²) in [6.45, 7) is 0.523. The second-order valence-corrected chi connectivity index (χ2v) is 4.15. The first-order chi connectivity index (χ1) is 7.75. The first-order valence-electron chi connectivity index (χ1n) is 5.24. The Bertz CT molecular complexity index is 381. The Morgan fingerprint density at radius 3 is 3.06 bits per heavy atom. The molecule has 1 fully saturated rings. The zero-order chi connectivity index (χ0) is 11.4. The molecular formula is C10H13ClN4O. The van der Waals surface area contributed by atoms with Crippen LogP contribution in [0.1, 0.15) is 19.3 Å². The number of aromatic nitrogens is 2. The summed E-state index contributed by atoms with van der Waals surface area (Å²) in [5.74, 6) is 0.635. The first kappa shape index (κ1) is 11.1. The van der Waals surface area contributed by atoms with Crippen molar-refractivity contribution in [3.05, 3.63) is 17.5 Å². The summed E-state index contributed by atoms with van der Waals surface area (Å²) < 4.78 is 0. The summed E-state index contributed by atoms with van der Waals surface area (Å²) in [6.07, 6.45) is 5.57. The number of hydrogen-bond acceptors (Lipinski definition) is 4. The van der Waals surface area contributed by atoms with Crippen molar-refractivity contribution in [2.45, 2.75) is 25.3 Å². The highest BCUT2D eigenvalue weighted by Gasteiger charge is 2.22. The Labute approximate surface area is 98.6 Å². The van der Waals surface area contributed by atoms with Crippen molar-refractivity contribution in [1.29, 1.82) is 0 Å². The predicted molar refractivity (Wildman–Crippen MR) is 61.3 cm³/mol. The second kappa shape index (κ2) is 5.12. The van der Waals surface area contributed by atoms with Crippen LogP contribution in [0.15, 0.2) is 12.5 Å². The third kappa shape index (κ3) is 3.34. The van der Waals surface area contributed by atoms with Gasteiger partial charge < -0.3 is 10.6 Å². The molecule has 0 saturated heterocycles. The number of halogens is 1. The van der Waals surface area contributed by atoms with Gasteiger partial charge in [-0.3, -0.25) is 4.79 Å². The monoisotopic (exact) mass is 240 g/mol. The highest BCUT2D eigenvalue weighted by atomic mass is 35.5. The zero-order valence-corrected chi connectivity index (χ0v) is 9.50. The number of carbonyl (C=O) groups is 1. The number of rotatable bonds is 5. The molecule has 0 aromatic carbocycles. The molecule has 2 rings (SSSR count). The van der Waals surface area contributed by atoms with Crippen LogP contribution in [0, 0.1) is 0 Å². The molecule has 1 saturated carbocycles.